The van der Waals surface area contributed by atoms with Gasteiger partial charge in [-0.15, -0.1) is 0 Å². The van der Waals surface area contributed by atoms with Gasteiger partial charge < -0.3 is 10.3 Å². The summed E-state index contributed by atoms with van der Waals surface area (Å²) in [5.74, 6) is -0.162. The molecule has 0 bridgehead atoms. The molecule has 1 aromatic heterocycles. The van der Waals surface area contributed by atoms with Gasteiger partial charge in [0.1, 0.15) is 0 Å². The lowest BCUT2D eigenvalue weighted by Gasteiger charge is -2.02. The molecule has 1 amide bonds. The molecule has 3 rings (SSSR count). The summed E-state index contributed by atoms with van der Waals surface area (Å²) in [7, 11) is 0. The number of amides is 1. The third-order valence-corrected chi connectivity index (χ3v) is 4.17. The maximum absolute atomic E-state index is 12.0. The first-order valence-electron chi connectivity index (χ1n) is 6.63. The lowest BCUT2D eigenvalue weighted by atomic mass is 10.1. The van der Waals surface area contributed by atoms with Gasteiger partial charge in [-0.25, -0.2) is 0 Å². The molecule has 3 aromatic rings. The van der Waals surface area contributed by atoms with E-state index >= 15 is 0 Å². The summed E-state index contributed by atoms with van der Waals surface area (Å²) in [6.07, 6.45) is 5.23. The lowest BCUT2D eigenvalue weighted by molar-refractivity contribution is -0.111. The molecule has 2 N–H and O–H groups in total. The largest absolute Gasteiger partial charge is 0.361 e. The van der Waals surface area contributed by atoms with E-state index in [4.69, 9.17) is 0 Å². The number of hydrogen-bond donors (Lipinski definition) is 2. The first-order chi connectivity index (χ1) is 10.6. The Morgan fingerprint density at radius 3 is 2.73 bits per heavy atom. The van der Waals surface area contributed by atoms with E-state index in [0.29, 0.717) is 0 Å². The van der Waals surface area contributed by atoms with Gasteiger partial charge in [-0.2, -0.15) is 0 Å². The van der Waals surface area contributed by atoms with Crippen LogP contribution in [0.5, 0.6) is 0 Å². The van der Waals surface area contributed by atoms with Crippen molar-refractivity contribution in [2.45, 2.75) is 0 Å². The van der Waals surface area contributed by atoms with Gasteiger partial charge in [-0.3, -0.25) is 4.79 Å². The SMILES string of the molecule is O=C(/C=C/c1c[nH]c2cc(Br)ccc12)Nc1cccc(Br)c1. The predicted octanol–water partition coefficient (Wildman–Crippen LogP) is 5.34. The fourth-order valence-corrected chi connectivity index (χ4v) is 2.93. The molecular formula is C17H12Br2N2O. The van der Waals surface area contributed by atoms with Crippen LogP contribution in [0.25, 0.3) is 17.0 Å². The van der Waals surface area contributed by atoms with E-state index in [1.165, 1.54) is 6.08 Å². The molecule has 2 aromatic carbocycles. The van der Waals surface area contributed by atoms with Crippen molar-refractivity contribution in [2.75, 3.05) is 5.32 Å². The Morgan fingerprint density at radius 1 is 1.09 bits per heavy atom. The highest BCUT2D eigenvalue weighted by molar-refractivity contribution is 9.10. The molecule has 5 heteroatoms. The van der Waals surface area contributed by atoms with E-state index in [2.05, 4.69) is 42.2 Å². The number of H-pyrrole nitrogens is 1. The minimum atomic E-state index is -0.162. The van der Waals surface area contributed by atoms with Gasteiger partial charge in [0.15, 0.2) is 0 Å². The molecule has 0 saturated carbocycles. The molecular weight excluding hydrogens is 408 g/mol. The van der Waals surface area contributed by atoms with Crippen molar-refractivity contribution in [1.82, 2.24) is 4.98 Å². The fraction of sp³-hybridized carbons (Fsp3) is 0. The Morgan fingerprint density at radius 2 is 1.91 bits per heavy atom. The van der Waals surface area contributed by atoms with Crippen LogP contribution in [0, 0.1) is 0 Å². The van der Waals surface area contributed by atoms with E-state index in [9.17, 15) is 4.79 Å². The van der Waals surface area contributed by atoms with Crippen LogP contribution in [-0.2, 0) is 4.79 Å². The molecule has 110 valence electrons. The van der Waals surface area contributed by atoms with Crippen LogP contribution in [0.3, 0.4) is 0 Å². The van der Waals surface area contributed by atoms with Crippen LogP contribution in [0.2, 0.25) is 0 Å². The zero-order valence-corrected chi connectivity index (χ0v) is 14.6. The second-order valence-electron chi connectivity index (χ2n) is 4.77. The third-order valence-electron chi connectivity index (χ3n) is 3.18. The van der Waals surface area contributed by atoms with Crippen LogP contribution < -0.4 is 5.32 Å². The van der Waals surface area contributed by atoms with Gasteiger partial charge in [-0.05, 0) is 42.0 Å². The number of fused-ring (bicyclic) bond motifs is 1. The molecule has 0 radical (unpaired) electrons. The molecule has 0 aliphatic heterocycles. The first-order valence-corrected chi connectivity index (χ1v) is 8.22. The summed E-state index contributed by atoms with van der Waals surface area (Å²) < 4.78 is 1.95. The summed E-state index contributed by atoms with van der Waals surface area (Å²) in [4.78, 5) is 15.2. The van der Waals surface area contributed by atoms with Crippen LogP contribution in [0.4, 0.5) is 5.69 Å². The van der Waals surface area contributed by atoms with Gasteiger partial charge in [0, 0.05) is 37.8 Å². The second kappa shape index (κ2) is 6.50. The van der Waals surface area contributed by atoms with E-state index in [1.807, 2.05) is 48.7 Å². The molecule has 0 aliphatic rings. The number of rotatable bonds is 3. The number of halogens is 2. The van der Waals surface area contributed by atoms with Gasteiger partial charge in [0.25, 0.3) is 0 Å². The fourth-order valence-electron chi connectivity index (χ4n) is 2.17. The highest BCUT2D eigenvalue weighted by atomic mass is 79.9. The van der Waals surface area contributed by atoms with Gasteiger partial charge in [0.05, 0.1) is 0 Å². The van der Waals surface area contributed by atoms with Crippen molar-refractivity contribution in [3.63, 3.8) is 0 Å². The number of anilines is 1. The number of carbonyl (C=O) groups is 1. The van der Waals surface area contributed by atoms with Crippen molar-refractivity contribution < 1.29 is 4.79 Å². The number of hydrogen-bond acceptors (Lipinski definition) is 1. The number of benzene rings is 2. The van der Waals surface area contributed by atoms with Gasteiger partial charge in [0.2, 0.25) is 5.91 Å². The lowest BCUT2D eigenvalue weighted by Crippen LogP contribution is -2.07. The summed E-state index contributed by atoms with van der Waals surface area (Å²) >= 11 is 6.82. The minimum Gasteiger partial charge on any atom is -0.361 e. The van der Waals surface area contributed by atoms with Crippen LogP contribution >= 0.6 is 31.9 Å². The summed E-state index contributed by atoms with van der Waals surface area (Å²) in [5.41, 5.74) is 2.76. The Kier molecular flexibility index (Phi) is 4.45. The summed E-state index contributed by atoms with van der Waals surface area (Å²) in [6.45, 7) is 0. The smallest absolute Gasteiger partial charge is 0.248 e. The van der Waals surface area contributed by atoms with Gasteiger partial charge >= 0.3 is 0 Å². The Labute approximate surface area is 144 Å². The van der Waals surface area contributed by atoms with E-state index in [-0.39, 0.29) is 5.91 Å². The number of aromatic nitrogens is 1. The first kappa shape index (κ1) is 15.1. The molecule has 22 heavy (non-hydrogen) atoms. The molecule has 0 saturated heterocycles. The number of aromatic amines is 1. The molecule has 0 atom stereocenters. The predicted molar refractivity (Wildman–Crippen MR) is 97.8 cm³/mol. The average Bonchev–Trinajstić information content (AvgIpc) is 2.87. The molecule has 0 unspecified atom stereocenters. The molecule has 3 nitrogen and oxygen atoms in total. The summed E-state index contributed by atoms with van der Waals surface area (Å²) in [6, 6.07) is 13.5. The van der Waals surface area contributed by atoms with Gasteiger partial charge in [-0.1, -0.05) is 44.0 Å². The Balaban J connectivity index is 1.76. The molecule has 0 aliphatic carbocycles. The van der Waals surface area contributed by atoms with Crippen molar-refractivity contribution in [1.29, 1.82) is 0 Å². The second-order valence-corrected chi connectivity index (χ2v) is 6.60. The van der Waals surface area contributed by atoms with Crippen molar-refractivity contribution >= 4 is 60.4 Å². The third kappa shape index (κ3) is 3.48. The highest BCUT2D eigenvalue weighted by Gasteiger charge is 2.03. The standard InChI is InChI=1S/C17H12Br2N2O/c18-12-2-1-3-14(8-12)21-17(22)7-4-11-10-20-16-9-13(19)5-6-15(11)16/h1-10,20H,(H,21,22)/b7-4+. The van der Waals surface area contributed by atoms with E-state index < -0.39 is 0 Å². The van der Waals surface area contributed by atoms with Crippen molar-refractivity contribution in [3.8, 4) is 0 Å². The topological polar surface area (TPSA) is 44.9 Å². The Hall–Kier alpha value is -1.85. The number of carbonyl (C=O) groups excluding carboxylic acids is 1. The quantitative estimate of drug-likeness (QED) is 0.552. The van der Waals surface area contributed by atoms with Crippen LogP contribution in [-0.4, -0.2) is 10.9 Å². The average molecular weight is 420 g/mol. The highest BCUT2D eigenvalue weighted by Crippen LogP contribution is 2.23. The number of nitrogens with one attached hydrogen (secondary N) is 2. The molecule has 0 fully saturated rings. The maximum atomic E-state index is 12.0. The van der Waals surface area contributed by atoms with E-state index in [0.717, 1.165) is 31.1 Å². The normalized spacial score (nSPS) is 11.2. The summed E-state index contributed by atoms with van der Waals surface area (Å²) in [5, 5.41) is 3.91. The molecule has 0 spiro atoms. The minimum absolute atomic E-state index is 0.162. The van der Waals surface area contributed by atoms with Crippen LogP contribution in [0.15, 0.2) is 63.7 Å². The Bertz CT molecular complexity index is 868. The van der Waals surface area contributed by atoms with Crippen molar-refractivity contribution in [2.24, 2.45) is 0 Å². The van der Waals surface area contributed by atoms with Crippen LogP contribution in [0.1, 0.15) is 5.56 Å². The maximum Gasteiger partial charge on any atom is 0.248 e. The zero-order chi connectivity index (χ0) is 15.5. The zero-order valence-electron chi connectivity index (χ0n) is 11.4. The van der Waals surface area contributed by atoms with Crippen molar-refractivity contribution in [3.05, 3.63) is 69.2 Å². The molecule has 1 heterocycles. The van der Waals surface area contributed by atoms with E-state index in [1.54, 1.807) is 6.08 Å². The monoisotopic (exact) mass is 418 g/mol.